The van der Waals surface area contributed by atoms with Crippen molar-refractivity contribution < 1.29 is 29.6 Å². The van der Waals surface area contributed by atoms with E-state index in [1.807, 2.05) is 53.8 Å². The molecular weight excluding hydrogens is 338 g/mol. The quantitative estimate of drug-likeness (QED) is 0.620. The van der Waals surface area contributed by atoms with Crippen molar-refractivity contribution in [1.82, 2.24) is 5.32 Å². The minimum atomic E-state index is -2.18. The molecule has 1 aliphatic carbocycles. The second kappa shape index (κ2) is 7.15. The molecule has 26 heavy (non-hydrogen) atoms. The number of hydrogen-bond donors (Lipinski definition) is 4. The van der Waals surface area contributed by atoms with Gasteiger partial charge in [0, 0.05) is 5.92 Å². The summed E-state index contributed by atoms with van der Waals surface area (Å²) in [6.07, 6.45) is -1.02. The molecule has 2 aromatic rings. The van der Waals surface area contributed by atoms with Crippen LogP contribution in [0.15, 0.2) is 48.5 Å². The smallest absolute Gasteiger partial charge is 0.408 e. The van der Waals surface area contributed by atoms with E-state index in [0.717, 1.165) is 22.3 Å². The monoisotopic (exact) mass is 357 g/mol. The lowest BCUT2D eigenvalue weighted by molar-refractivity contribution is -0.148. The standard InChI is InChI=1S/C19H19NO6/c21-10-19(11-22,17(23)24)20-18(25)26-9-16-14-7-3-1-5-12(14)13-6-2-4-8-15(13)16/h1-8,16,21-22H,9-11H2,(H,20,25)(H,23,24). The van der Waals surface area contributed by atoms with Gasteiger partial charge in [-0.15, -0.1) is 0 Å². The molecular formula is C19H19NO6. The van der Waals surface area contributed by atoms with E-state index in [2.05, 4.69) is 0 Å². The average Bonchev–Trinajstić information content (AvgIpc) is 2.98. The summed E-state index contributed by atoms with van der Waals surface area (Å²) in [6.45, 7) is -1.90. The molecule has 7 nitrogen and oxygen atoms in total. The zero-order chi connectivity index (χ0) is 18.7. The van der Waals surface area contributed by atoms with Gasteiger partial charge in [0.15, 0.2) is 5.54 Å². The Kier molecular flexibility index (Phi) is 4.92. The fourth-order valence-corrected chi connectivity index (χ4v) is 3.15. The summed E-state index contributed by atoms with van der Waals surface area (Å²) < 4.78 is 5.21. The first-order chi connectivity index (χ1) is 12.5. The molecule has 2 aromatic carbocycles. The second-order valence-corrected chi connectivity index (χ2v) is 6.15. The first kappa shape index (κ1) is 17.9. The number of aliphatic hydroxyl groups excluding tert-OH is 2. The number of carbonyl (C=O) groups excluding carboxylic acids is 1. The number of rotatable bonds is 6. The highest BCUT2D eigenvalue weighted by Gasteiger charge is 2.40. The van der Waals surface area contributed by atoms with Gasteiger partial charge in [-0.25, -0.2) is 9.59 Å². The fourth-order valence-electron chi connectivity index (χ4n) is 3.15. The first-order valence-electron chi connectivity index (χ1n) is 8.10. The minimum absolute atomic E-state index is 0.00637. The zero-order valence-corrected chi connectivity index (χ0v) is 13.9. The maximum atomic E-state index is 12.0. The highest BCUT2D eigenvalue weighted by atomic mass is 16.5. The van der Waals surface area contributed by atoms with Crippen LogP contribution in [0.4, 0.5) is 4.79 Å². The number of carboxylic acid groups (broad SMARTS) is 1. The van der Waals surface area contributed by atoms with Gasteiger partial charge in [-0.1, -0.05) is 48.5 Å². The lowest BCUT2D eigenvalue weighted by atomic mass is 9.98. The highest BCUT2D eigenvalue weighted by molar-refractivity contribution is 5.85. The van der Waals surface area contributed by atoms with Crippen LogP contribution in [-0.4, -0.2) is 52.7 Å². The first-order valence-corrected chi connectivity index (χ1v) is 8.10. The highest BCUT2D eigenvalue weighted by Crippen LogP contribution is 2.44. The predicted molar refractivity (Wildman–Crippen MR) is 92.7 cm³/mol. The summed E-state index contributed by atoms with van der Waals surface area (Å²) in [5.74, 6) is -1.72. The lowest BCUT2D eigenvalue weighted by Gasteiger charge is -2.26. The second-order valence-electron chi connectivity index (χ2n) is 6.15. The molecule has 0 aromatic heterocycles. The molecule has 0 unspecified atom stereocenters. The maximum Gasteiger partial charge on any atom is 0.408 e. The number of amides is 1. The number of aliphatic carboxylic acids is 1. The number of alkyl carbamates (subject to hydrolysis) is 1. The summed E-state index contributed by atoms with van der Waals surface area (Å²) in [5, 5.41) is 29.6. The Morgan fingerprint density at radius 1 is 0.962 bits per heavy atom. The molecule has 0 heterocycles. The molecule has 3 rings (SSSR count). The van der Waals surface area contributed by atoms with E-state index >= 15 is 0 Å². The van der Waals surface area contributed by atoms with E-state index in [0.29, 0.717) is 0 Å². The number of ether oxygens (including phenoxy) is 1. The third-order valence-electron chi connectivity index (χ3n) is 4.63. The van der Waals surface area contributed by atoms with Crippen molar-refractivity contribution >= 4 is 12.1 Å². The van der Waals surface area contributed by atoms with Gasteiger partial charge < -0.3 is 25.4 Å². The maximum absolute atomic E-state index is 12.0. The van der Waals surface area contributed by atoms with Crippen LogP contribution in [0.2, 0.25) is 0 Å². The number of benzene rings is 2. The van der Waals surface area contributed by atoms with Gasteiger partial charge in [0.25, 0.3) is 0 Å². The van der Waals surface area contributed by atoms with Crippen LogP contribution < -0.4 is 5.32 Å². The van der Waals surface area contributed by atoms with Crippen LogP contribution in [-0.2, 0) is 9.53 Å². The Morgan fingerprint density at radius 3 is 1.92 bits per heavy atom. The van der Waals surface area contributed by atoms with Crippen molar-refractivity contribution in [2.24, 2.45) is 0 Å². The topological polar surface area (TPSA) is 116 Å². The van der Waals surface area contributed by atoms with Crippen molar-refractivity contribution in [3.8, 4) is 11.1 Å². The Hall–Kier alpha value is -2.90. The SMILES string of the molecule is O=C(NC(CO)(CO)C(=O)O)OCC1c2ccccc2-c2ccccc21. The number of carbonyl (C=O) groups is 2. The van der Waals surface area contributed by atoms with Gasteiger partial charge in [0.2, 0.25) is 0 Å². The van der Waals surface area contributed by atoms with E-state index < -0.39 is 30.8 Å². The molecule has 4 N–H and O–H groups in total. The van der Waals surface area contributed by atoms with Crippen molar-refractivity contribution in [2.75, 3.05) is 19.8 Å². The van der Waals surface area contributed by atoms with Crippen molar-refractivity contribution in [2.45, 2.75) is 11.5 Å². The summed E-state index contributed by atoms with van der Waals surface area (Å²) >= 11 is 0. The summed E-state index contributed by atoms with van der Waals surface area (Å²) in [6, 6.07) is 15.6. The van der Waals surface area contributed by atoms with Crippen LogP contribution >= 0.6 is 0 Å². The summed E-state index contributed by atoms with van der Waals surface area (Å²) in [5.41, 5.74) is 2.01. The zero-order valence-electron chi connectivity index (χ0n) is 13.9. The third kappa shape index (κ3) is 3.02. The molecule has 1 aliphatic rings. The van der Waals surface area contributed by atoms with E-state index in [9.17, 15) is 19.8 Å². The lowest BCUT2D eigenvalue weighted by Crippen LogP contribution is -2.60. The third-order valence-corrected chi connectivity index (χ3v) is 4.63. The number of hydrogen-bond acceptors (Lipinski definition) is 5. The van der Waals surface area contributed by atoms with E-state index in [4.69, 9.17) is 9.84 Å². The Bertz CT molecular complexity index is 785. The number of nitrogens with one attached hydrogen (secondary N) is 1. The Labute approximate surface area is 149 Å². The predicted octanol–water partition coefficient (Wildman–Crippen LogP) is 1.33. The van der Waals surface area contributed by atoms with Gasteiger partial charge in [0.05, 0.1) is 13.2 Å². The molecule has 7 heteroatoms. The van der Waals surface area contributed by atoms with Crippen molar-refractivity contribution in [1.29, 1.82) is 0 Å². The van der Waals surface area contributed by atoms with Gasteiger partial charge in [-0.3, -0.25) is 0 Å². The largest absolute Gasteiger partial charge is 0.479 e. The molecule has 0 saturated carbocycles. The molecule has 0 aliphatic heterocycles. The number of carboxylic acids is 1. The number of fused-ring (bicyclic) bond motifs is 3. The van der Waals surface area contributed by atoms with Crippen LogP contribution in [0.1, 0.15) is 17.0 Å². The van der Waals surface area contributed by atoms with Crippen molar-refractivity contribution in [3.05, 3.63) is 59.7 Å². The van der Waals surface area contributed by atoms with E-state index in [-0.39, 0.29) is 12.5 Å². The van der Waals surface area contributed by atoms with Crippen LogP contribution in [0.5, 0.6) is 0 Å². The van der Waals surface area contributed by atoms with Crippen LogP contribution in [0.25, 0.3) is 11.1 Å². The van der Waals surface area contributed by atoms with Crippen molar-refractivity contribution in [3.63, 3.8) is 0 Å². The molecule has 0 saturated heterocycles. The average molecular weight is 357 g/mol. The van der Waals surface area contributed by atoms with Crippen LogP contribution in [0, 0.1) is 0 Å². The summed E-state index contributed by atoms with van der Waals surface area (Å²) in [7, 11) is 0. The van der Waals surface area contributed by atoms with Crippen LogP contribution in [0.3, 0.4) is 0 Å². The fraction of sp³-hybridized carbons (Fsp3) is 0.263. The molecule has 0 fully saturated rings. The minimum Gasteiger partial charge on any atom is -0.479 e. The van der Waals surface area contributed by atoms with E-state index in [1.165, 1.54) is 0 Å². The molecule has 1 amide bonds. The molecule has 0 atom stereocenters. The molecule has 0 radical (unpaired) electrons. The van der Waals surface area contributed by atoms with E-state index in [1.54, 1.807) is 0 Å². The Balaban J connectivity index is 1.76. The molecule has 136 valence electrons. The molecule has 0 bridgehead atoms. The van der Waals surface area contributed by atoms with Gasteiger partial charge in [0.1, 0.15) is 6.61 Å². The number of aliphatic hydroxyl groups is 2. The summed E-state index contributed by atoms with van der Waals surface area (Å²) in [4.78, 5) is 23.3. The Morgan fingerprint density at radius 2 is 1.46 bits per heavy atom. The van der Waals surface area contributed by atoms with Gasteiger partial charge >= 0.3 is 12.1 Å². The van der Waals surface area contributed by atoms with Gasteiger partial charge in [-0.05, 0) is 22.3 Å². The molecule has 0 spiro atoms. The van der Waals surface area contributed by atoms with Gasteiger partial charge in [-0.2, -0.15) is 0 Å². The normalized spacial score (nSPS) is 13.0.